The molecule has 0 saturated carbocycles. The summed E-state index contributed by atoms with van der Waals surface area (Å²) in [7, 11) is 0. The summed E-state index contributed by atoms with van der Waals surface area (Å²) in [4.78, 5) is 0. The fraction of sp³-hybridized carbons (Fsp3) is 0.882. The van der Waals surface area contributed by atoms with E-state index >= 15 is 0 Å². The molecule has 0 amide bonds. The SMILES string of the molecule is C=CCCCCC[C@@H](F)CCCCCCCCC. The van der Waals surface area contributed by atoms with E-state index in [0.29, 0.717) is 0 Å². The van der Waals surface area contributed by atoms with Gasteiger partial charge in [0.15, 0.2) is 0 Å². The molecular weight excluding hydrogens is 223 g/mol. The maximum absolute atomic E-state index is 13.5. The van der Waals surface area contributed by atoms with Gasteiger partial charge in [-0.1, -0.05) is 70.8 Å². The Morgan fingerprint density at radius 3 is 1.89 bits per heavy atom. The summed E-state index contributed by atoms with van der Waals surface area (Å²) < 4.78 is 13.5. The lowest BCUT2D eigenvalue weighted by Crippen LogP contribution is -1.99. The van der Waals surface area contributed by atoms with Crippen LogP contribution in [0.25, 0.3) is 0 Å². The van der Waals surface area contributed by atoms with Gasteiger partial charge in [0.2, 0.25) is 0 Å². The molecule has 0 spiro atoms. The van der Waals surface area contributed by atoms with Crippen molar-refractivity contribution in [2.45, 2.75) is 96.6 Å². The number of hydrogen-bond acceptors (Lipinski definition) is 0. The van der Waals surface area contributed by atoms with Crippen LogP contribution in [0.5, 0.6) is 0 Å². The van der Waals surface area contributed by atoms with Crippen LogP contribution in [0, 0.1) is 0 Å². The molecule has 0 aliphatic rings. The maximum Gasteiger partial charge on any atom is 0.100 e. The molecule has 0 rings (SSSR count). The highest BCUT2D eigenvalue weighted by Crippen LogP contribution is 2.15. The van der Waals surface area contributed by atoms with Gasteiger partial charge < -0.3 is 0 Å². The molecule has 0 aliphatic heterocycles. The number of hydrogen-bond donors (Lipinski definition) is 0. The number of alkyl halides is 1. The Bertz CT molecular complexity index is 165. The van der Waals surface area contributed by atoms with Crippen molar-refractivity contribution in [3.05, 3.63) is 12.7 Å². The molecule has 0 heterocycles. The van der Waals surface area contributed by atoms with Crippen molar-refractivity contribution >= 4 is 0 Å². The van der Waals surface area contributed by atoms with Gasteiger partial charge >= 0.3 is 0 Å². The van der Waals surface area contributed by atoms with Crippen molar-refractivity contribution < 1.29 is 4.39 Å². The van der Waals surface area contributed by atoms with Crippen LogP contribution < -0.4 is 0 Å². The largest absolute Gasteiger partial charge is 0.247 e. The minimum Gasteiger partial charge on any atom is -0.247 e. The lowest BCUT2D eigenvalue weighted by molar-refractivity contribution is 0.279. The van der Waals surface area contributed by atoms with Gasteiger partial charge in [-0.2, -0.15) is 0 Å². The second-order valence-electron chi connectivity index (χ2n) is 5.43. The van der Waals surface area contributed by atoms with Crippen LogP contribution in [0.2, 0.25) is 0 Å². The standard InChI is InChI=1S/C17H33F/c1-3-5-7-9-10-12-14-16-17(18)15-13-11-8-6-4-2/h4,17H,2-3,5-16H2,1H3/t17-/m1/s1. The Labute approximate surface area is 114 Å². The number of rotatable bonds is 14. The lowest BCUT2D eigenvalue weighted by Gasteiger charge is -2.07. The van der Waals surface area contributed by atoms with Crippen LogP contribution >= 0.6 is 0 Å². The quantitative estimate of drug-likeness (QED) is 0.242. The number of halogens is 1. The van der Waals surface area contributed by atoms with Gasteiger partial charge in [0.25, 0.3) is 0 Å². The van der Waals surface area contributed by atoms with E-state index in [2.05, 4.69) is 13.5 Å². The van der Waals surface area contributed by atoms with Crippen molar-refractivity contribution in [3.63, 3.8) is 0 Å². The highest BCUT2D eigenvalue weighted by Gasteiger charge is 2.05. The van der Waals surface area contributed by atoms with E-state index in [1.54, 1.807) is 0 Å². The Hall–Kier alpha value is -0.330. The smallest absolute Gasteiger partial charge is 0.100 e. The zero-order valence-corrected chi connectivity index (χ0v) is 12.4. The first-order valence-electron chi connectivity index (χ1n) is 8.06. The summed E-state index contributed by atoms with van der Waals surface area (Å²) >= 11 is 0. The first-order valence-corrected chi connectivity index (χ1v) is 8.06. The average Bonchev–Trinajstić information content (AvgIpc) is 2.37. The molecule has 0 aliphatic carbocycles. The molecular formula is C17H33F. The topological polar surface area (TPSA) is 0 Å². The summed E-state index contributed by atoms with van der Waals surface area (Å²) in [6.45, 7) is 5.93. The van der Waals surface area contributed by atoms with Crippen LogP contribution in [0.15, 0.2) is 12.7 Å². The molecule has 18 heavy (non-hydrogen) atoms. The van der Waals surface area contributed by atoms with E-state index in [9.17, 15) is 4.39 Å². The Balaban J connectivity index is 3.11. The molecule has 0 saturated heterocycles. The summed E-state index contributed by atoms with van der Waals surface area (Å²) in [5.41, 5.74) is 0. The third kappa shape index (κ3) is 13.7. The highest BCUT2D eigenvalue weighted by molar-refractivity contribution is 4.66. The van der Waals surface area contributed by atoms with E-state index in [-0.39, 0.29) is 0 Å². The van der Waals surface area contributed by atoms with Crippen LogP contribution in [0.4, 0.5) is 4.39 Å². The molecule has 0 fully saturated rings. The van der Waals surface area contributed by atoms with Crippen molar-refractivity contribution in [2.75, 3.05) is 0 Å². The van der Waals surface area contributed by atoms with Crippen molar-refractivity contribution in [1.82, 2.24) is 0 Å². The van der Waals surface area contributed by atoms with E-state index in [4.69, 9.17) is 0 Å². The fourth-order valence-electron chi connectivity index (χ4n) is 2.30. The monoisotopic (exact) mass is 256 g/mol. The van der Waals surface area contributed by atoms with Gasteiger partial charge in [-0.25, -0.2) is 4.39 Å². The van der Waals surface area contributed by atoms with Crippen molar-refractivity contribution in [3.8, 4) is 0 Å². The van der Waals surface area contributed by atoms with Crippen LogP contribution in [-0.2, 0) is 0 Å². The van der Waals surface area contributed by atoms with Crippen molar-refractivity contribution in [1.29, 1.82) is 0 Å². The van der Waals surface area contributed by atoms with Crippen LogP contribution in [0.1, 0.15) is 90.4 Å². The third-order valence-electron chi connectivity index (χ3n) is 3.55. The molecule has 0 nitrogen and oxygen atoms in total. The van der Waals surface area contributed by atoms with Gasteiger partial charge in [0.05, 0.1) is 0 Å². The first kappa shape index (κ1) is 17.7. The molecule has 0 aromatic heterocycles. The third-order valence-corrected chi connectivity index (χ3v) is 3.55. The minimum absolute atomic E-state index is 0.552. The van der Waals surface area contributed by atoms with E-state index in [0.717, 1.165) is 38.5 Å². The summed E-state index contributed by atoms with van der Waals surface area (Å²) in [5, 5.41) is 0. The molecule has 0 radical (unpaired) electrons. The van der Waals surface area contributed by atoms with Crippen molar-refractivity contribution in [2.24, 2.45) is 0 Å². The molecule has 0 N–H and O–H groups in total. The van der Waals surface area contributed by atoms with E-state index < -0.39 is 6.17 Å². The number of unbranched alkanes of at least 4 members (excludes halogenated alkanes) is 9. The zero-order chi connectivity index (χ0) is 13.5. The predicted molar refractivity (Wildman–Crippen MR) is 80.8 cm³/mol. The molecule has 0 unspecified atom stereocenters. The van der Waals surface area contributed by atoms with Gasteiger partial charge in [0.1, 0.15) is 6.17 Å². The van der Waals surface area contributed by atoms with E-state index in [1.165, 1.54) is 44.9 Å². The van der Waals surface area contributed by atoms with Crippen LogP contribution in [-0.4, -0.2) is 6.17 Å². The fourth-order valence-corrected chi connectivity index (χ4v) is 2.30. The second kappa shape index (κ2) is 14.7. The normalized spacial score (nSPS) is 12.6. The molecule has 108 valence electrons. The lowest BCUT2D eigenvalue weighted by atomic mass is 10.0. The molecule has 0 bridgehead atoms. The molecule has 0 aromatic carbocycles. The maximum atomic E-state index is 13.5. The molecule has 1 atom stereocenters. The zero-order valence-electron chi connectivity index (χ0n) is 12.4. The van der Waals surface area contributed by atoms with Crippen LogP contribution in [0.3, 0.4) is 0 Å². The summed E-state index contributed by atoms with van der Waals surface area (Å²) in [6, 6.07) is 0. The minimum atomic E-state index is -0.552. The number of allylic oxidation sites excluding steroid dienone is 1. The second-order valence-corrected chi connectivity index (χ2v) is 5.43. The van der Waals surface area contributed by atoms with Gasteiger partial charge in [-0.15, -0.1) is 6.58 Å². The highest BCUT2D eigenvalue weighted by atomic mass is 19.1. The van der Waals surface area contributed by atoms with Gasteiger partial charge in [0, 0.05) is 0 Å². The van der Waals surface area contributed by atoms with Gasteiger partial charge in [-0.05, 0) is 25.7 Å². The molecule has 0 aromatic rings. The first-order chi connectivity index (χ1) is 8.81. The molecule has 1 heteroatoms. The Morgan fingerprint density at radius 2 is 1.33 bits per heavy atom. The summed E-state index contributed by atoms with van der Waals surface area (Å²) in [6.07, 6.45) is 16.4. The Kier molecular flexibility index (Phi) is 14.5. The predicted octanol–water partition coefficient (Wildman–Crippen LogP) is 6.60. The van der Waals surface area contributed by atoms with Gasteiger partial charge in [-0.3, -0.25) is 0 Å². The summed E-state index contributed by atoms with van der Waals surface area (Å²) in [5.74, 6) is 0. The average molecular weight is 256 g/mol. The van der Waals surface area contributed by atoms with E-state index in [1.807, 2.05) is 6.08 Å². The Morgan fingerprint density at radius 1 is 0.833 bits per heavy atom.